The minimum atomic E-state index is -3.80. The van der Waals surface area contributed by atoms with Crippen LogP contribution in [0.5, 0.6) is 0 Å². The Morgan fingerprint density at radius 3 is 2.50 bits per heavy atom. The van der Waals surface area contributed by atoms with Gasteiger partial charge < -0.3 is 0 Å². The van der Waals surface area contributed by atoms with Crippen LogP contribution in [0.4, 0.5) is 5.13 Å². The van der Waals surface area contributed by atoms with E-state index in [4.69, 9.17) is 4.98 Å². The van der Waals surface area contributed by atoms with Crippen molar-refractivity contribution in [3.05, 3.63) is 83.7 Å². The zero-order valence-corrected chi connectivity index (χ0v) is 19.5. The van der Waals surface area contributed by atoms with E-state index in [2.05, 4.69) is 11.9 Å². The summed E-state index contributed by atoms with van der Waals surface area (Å²) < 4.78 is 26.8. The smallest absolute Gasteiger partial charge is 0.244 e. The van der Waals surface area contributed by atoms with Crippen LogP contribution in [0.2, 0.25) is 0 Å². The van der Waals surface area contributed by atoms with Crippen LogP contribution in [0.25, 0.3) is 10.2 Å². The topological polar surface area (TPSA) is 80.2 Å². The number of carbonyl (C=O) groups excluding carboxylic acids is 1. The molecule has 0 fully saturated rings. The van der Waals surface area contributed by atoms with Gasteiger partial charge in [0.1, 0.15) is 5.75 Å². The maximum atomic E-state index is 13.3. The van der Waals surface area contributed by atoms with Crippen LogP contribution in [-0.2, 0) is 27.6 Å². The van der Waals surface area contributed by atoms with E-state index in [9.17, 15) is 13.2 Å². The minimum Gasteiger partial charge on any atom is -0.281 e. The second kappa shape index (κ2) is 9.18. The van der Waals surface area contributed by atoms with Gasteiger partial charge in [-0.25, -0.2) is 13.4 Å². The Hall–Kier alpha value is -3.10. The lowest BCUT2D eigenvalue weighted by molar-refractivity contribution is -0.116. The monoisotopic (exact) mass is 465 g/mol. The number of hydrogen-bond donors (Lipinski definition) is 0. The lowest BCUT2D eigenvalue weighted by Crippen LogP contribution is -2.35. The van der Waals surface area contributed by atoms with E-state index in [0.717, 1.165) is 27.8 Å². The number of carbonyl (C=O) groups is 1. The van der Waals surface area contributed by atoms with Crippen LogP contribution in [0, 0.1) is 6.92 Å². The number of hydrogen-bond acceptors (Lipinski definition) is 6. The molecule has 164 valence electrons. The van der Waals surface area contributed by atoms with Crippen molar-refractivity contribution in [1.82, 2.24) is 9.97 Å². The van der Waals surface area contributed by atoms with Gasteiger partial charge >= 0.3 is 0 Å². The van der Waals surface area contributed by atoms with Gasteiger partial charge in [-0.1, -0.05) is 54.2 Å². The van der Waals surface area contributed by atoms with Gasteiger partial charge in [-0.3, -0.25) is 14.7 Å². The first-order valence-corrected chi connectivity index (χ1v) is 12.7. The van der Waals surface area contributed by atoms with Gasteiger partial charge in [0, 0.05) is 6.20 Å². The zero-order chi connectivity index (χ0) is 22.7. The molecule has 4 aromatic rings. The number of rotatable bonds is 7. The van der Waals surface area contributed by atoms with Crippen molar-refractivity contribution in [2.24, 2.45) is 0 Å². The van der Waals surface area contributed by atoms with Crippen LogP contribution in [0.1, 0.15) is 23.7 Å². The standard InChI is InChI=1S/C24H23N3O3S2/c1-3-18-7-6-9-21-23(18)26-24(31-21)27(15-19-8-4-5-14-25-19)22(28)16-32(29,30)20-12-10-17(2)11-13-20/h4-14H,3,15-16H2,1-2H3. The molecule has 0 saturated carbocycles. The average Bonchev–Trinajstić information content (AvgIpc) is 3.22. The van der Waals surface area contributed by atoms with Gasteiger partial charge in [0.2, 0.25) is 5.91 Å². The third kappa shape index (κ3) is 4.71. The number of sulfone groups is 1. The van der Waals surface area contributed by atoms with Gasteiger partial charge in [0.25, 0.3) is 0 Å². The molecule has 2 heterocycles. The maximum absolute atomic E-state index is 13.3. The van der Waals surface area contributed by atoms with Gasteiger partial charge in [0.05, 0.1) is 27.4 Å². The largest absolute Gasteiger partial charge is 0.281 e. The lowest BCUT2D eigenvalue weighted by atomic mass is 10.1. The molecule has 0 radical (unpaired) electrons. The molecule has 6 nitrogen and oxygen atoms in total. The Labute approximate surface area is 191 Å². The molecule has 4 rings (SSSR count). The van der Waals surface area contributed by atoms with Gasteiger partial charge in [0.15, 0.2) is 15.0 Å². The number of thiazole rings is 1. The van der Waals surface area contributed by atoms with Gasteiger partial charge in [-0.05, 0) is 49.2 Å². The van der Waals surface area contributed by atoms with Crippen molar-refractivity contribution in [1.29, 1.82) is 0 Å². The summed E-state index contributed by atoms with van der Waals surface area (Å²) in [5.41, 5.74) is 3.54. The Kier molecular flexibility index (Phi) is 6.34. The minimum absolute atomic E-state index is 0.131. The van der Waals surface area contributed by atoms with Crippen molar-refractivity contribution in [3.8, 4) is 0 Å². The van der Waals surface area contributed by atoms with Crippen LogP contribution in [0.15, 0.2) is 71.8 Å². The molecule has 0 N–H and O–H groups in total. The number of nitrogens with zero attached hydrogens (tertiary/aromatic N) is 3. The number of anilines is 1. The highest BCUT2D eigenvalue weighted by Gasteiger charge is 2.27. The number of aryl methyl sites for hydroxylation is 2. The third-order valence-corrected chi connectivity index (χ3v) is 7.80. The fourth-order valence-electron chi connectivity index (χ4n) is 3.38. The first-order chi connectivity index (χ1) is 15.4. The Balaban J connectivity index is 1.71. The molecule has 0 saturated heterocycles. The molecule has 8 heteroatoms. The fraction of sp³-hybridized carbons (Fsp3) is 0.208. The third-order valence-electron chi connectivity index (χ3n) is 5.14. The summed E-state index contributed by atoms with van der Waals surface area (Å²) in [7, 11) is -3.80. The summed E-state index contributed by atoms with van der Waals surface area (Å²) in [5, 5.41) is 0.468. The molecule has 0 spiro atoms. The summed E-state index contributed by atoms with van der Waals surface area (Å²) in [6, 6.07) is 17.9. The second-order valence-electron chi connectivity index (χ2n) is 7.49. The molecule has 0 unspecified atom stereocenters. The molecule has 0 aliphatic rings. The van der Waals surface area contributed by atoms with E-state index in [1.54, 1.807) is 30.5 Å². The SMILES string of the molecule is CCc1cccc2sc(N(Cc3ccccn3)C(=O)CS(=O)(=O)c3ccc(C)cc3)nc12. The Bertz CT molecular complexity index is 1350. The first kappa shape index (κ1) is 22.1. The normalized spacial score (nSPS) is 11.6. The predicted molar refractivity (Wildman–Crippen MR) is 128 cm³/mol. The molecule has 2 aromatic carbocycles. The highest BCUT2D eigenvalue weighted by molar-refractivity contribution is 7.92. The molecule has 2 aromatic heterocycles. The van der Waals surface area contributed by atoms with Gasteiger partial charge in [-0.15, -0.1) is 0 Å². The average molecular weight is 466 g/mol. The molecular weight excluding hydrogens is 442 g/mol. The molecular formula is C24H23N3O3S2. The summed E-state index contributed by atoms with van der Waals surface area (Å²) in [6.07, 6.45) is 2.46. The predicted octanol–water partition coefficient (Wildman–Crippen LogP) is 4.57. The number of aromatic nitrogens is 2. The Morgan fingerprint density at radius 2 is 1.81 bits per heavy atom. The lowest BCUT2D eigenvalue weighted by Gasteiger charge is -2.19. The number of benzene rings is 2. The second-order valence-corrected chi connectivity index (χ2v) is 10.5. The van der Waals surface area contributed by atoms with Crippen LogP contribution >= 0.6 is 11.3 Å². The molecule has 32 heavy (non-hydrogen) atoms. The molecule has 0 aliphatic heterocycles. The van der Waals surface area contributed by atoms with E-state index in [-0.39, 0.29) is 11.4 Å². The summed E-state index contributed by atoms with van der Waals surface area (Å²) in [5.74, 6) is -1.17. The summed E-state index contributed by atoms with van der Waals surface area (Å²) >= 11 is 1.38. The van der Waals surface area contributed by atoms with Crippen molar-refractivity contribution >= 4 is 42.4 Å². The van der Waals surface area contributed by atoms with E-state index in [1.165, 1.54) is 28.4 Å². The van der Waals surface area contributed by atoms with E-state index in [0.29, 0.717) is 10.8 Å². The van der Waals surface area contributed by atoms with E-state index < -0.39 is 21.5 Å². The summed E-state index contributed by atoms with van der Waals surface area (Å²) in [6.45, 7) is 4.08. The molecule has 1 amide bonds. The number of pyridine rings is 1. The fourth-order valence-corrected chi connectivity index (χ4v) is 5.61. The summed E-state index contributed by atoms with van der Waals surface area (Å²) in [4.78, 5) is 23.9. The highest BCUT2D eigenvalue weighted by Crippen LogP contribution is 2.32. The van der Waals surface area contributed by atoms with Crippen molar-refractivity contribution < 1.29 is 13.2 Å². The van der Waals surface area contributed by atoms with E-state index >= 15 is 0 Å². The number of fused-ring (bicyclic) bond motifs is 1. The Morgan fingerprint density at radius 1 is 1.03 bits per heavy atom. The first-order valence-electron chi connectivity index (χ1n) is 10.3. The van der Waals surface area contributed by atoms with Crippen molar-refractivity contribution in [3.63, 3.8) is 0 Å². The van der Waals surface area contributed by atoms with E-state index in [1.807, 2.05) is 31.2 Å². The number of amides is 1. The van der Waals surface area contributed by atoms with Gasteiger partial charge in [-0.2, -0.15) is 0 Å². The molecule has 0 bridgehead atoms. The van der Waals surface area contributed by atoms with Crippen LogP contribution in [0.3, 0.4) is 0 Å². The quantitative estimate of drug-likeness (QED) is 0.399. The molecule has 0 aliphatic carbocycles. The number of para-hydroxylation sites is 1. The molecule has 0 atom stereocenters. The van der Waals surface area contributed by atoms with Crippen LogP contribution < -0.4 is 4.90 Å². The highest BCUT2D eigenvalue weighted by atomic mass is 32.2. The zero-order valence-electron chi connectivity index (χ0n) is 17.9. The van der Waals surface area contributed by atoms with Crippen molar-refractivity contribution in [2.45, 2.75) is 31.7 Å². The van der Waals surface area contributed by atoms with Crippen molar-refractivity contribution in [2.75, 3.05) is 10.7 Å². The maximum Gasteiger partial charge on any atom is 0.244 e. The van der Waals surface area contributed by atoms with Crippen LogP contribution in [-0.4, -0.2) is 30.0 Å².